The van der Waals surface area contributed by atoms with E-state index in [0.29, 0.717) is 10.6 Å². The van der Waals surface area contributed by atoms with Crippen LogP contribution in [0, 0.1) is 12.7 Å². The first-order valence-corrected chi connectivity index (χ1v) is 6.87. The zero-order chi connectivity index (χ0) is 14.0. The third kappa shape index (κ3) is 3.15. The van der Waals surface area contributed by atoms with Crippen LogP contribution in [0.15, 0.2) is 40.9 Å². The third-order valence-electron chi connectivity index (χ3n) is 2.95. The molecule has 3 N–H and O–H groups in total. The van der Waals surface area contributed by atoms with E-state index in [-0.39, 0.29) is 11.9 Å². The van der Waals surface area contributed by atoms with Crippen LogP contribution < -0.4 is 11.3 Å². The van der Waals surface area contributed by atoms with Gasteiger partial charge in [0, 0.05) is 9.50 Å². The van der Waals surface area contributed by atoms with E-state index in [9.17, 15) is 4.39 Å². The van der Waals surface area contributed by atoms with E-state index in [1.54, 1.807) is 25.1 Å². The van der Waals surface area contributed by atoms with Crippen molar-refractivity contribution in [3.05, 3.63) is 68.4 Å². The van der Waals surface area contributed by atoms with Crippen LogP contribution in [0.1, 0.15) is 22.7 Å². The molecular formula is C14H13BrClFN2. The molecule has 0 aliphatic heterocycles. The zero-order valence-corrected chi connectivity index (χ0v) is 12.6. The normalized spacial score (nSPS) is 12.5. The Morgan fingerprint density at radius 1 is 1.26 bits per heavy atom. The molecule has 0 heterocycles. The second kappa shape index (κ2) is 6.01. The summed E-state index contributed by atoms with van der Waals surface area (Å²) in [6, 6.07) is 10.1. The fraction of sp³-hybridized carbons (Fsp3) is 0.143. The Kier molecular flexibility index (Phi) is 4.58. The van der Waals surface area contributed by atoms with Gasteiger partial charge < -0.3 is 0 Å². The summed E-state index contributed by atoms with van der Waals surface area (Å²) in [5.74, 6) is 5.40. The van der Waals surface area contributed by atoms with E-state index in [4.69, 9.17) is 17.4 Å². The Morgan fingerprint density at radius 2 is 2.00 bits per heavy atom. The molecule has 0 aliphatic carbocycles. The van der Waals surface area contributed by atoms with Crippen molar-refractivity contribution in [2.75, 3.05) is 0 Å². The van der Waals surface area contributed by atoms with Gasteiger partial charge in [-0.3, -0.25) is 5.84 Å². The number of nitrogens with two attached hydrogens (primary N) is 1. The van der Waals surface area contributed by atoms with Crippen LogP contribution in [0.25, 0.3) is 0 Å². The fourth-order valence-corrected chi connectivity index (χ4v) is 2.60. The first-order chi connectivity index (χ1) is 9.02. The van der Waals surface area contributed by atoms with E-state index < -0.39 is 0 Å². The van der Waals surface area contributed by atoms with Crippen molar-refractivity contribution in [1.82, 2.24) is 5.43 Å². The summed E-state index contributed by atoms with van der Waals surface area (Å²) >= 11 is 9.49. The Hall–Kier alpha value is -0.940. The lowest BCUT2D eigenvalue weighted by atomic mass is 9.98. The predicted molar refractivity (Wildman–Crippen MR) is 79.5 cm³/mol. The van der Waals surface area contributed by atoms with E-state index >= 15 is 0 Å². The highest BCUT2D eigenvalue weighted by Gasteiger charge is 2.16. The van der Waals surface area contributed by atoms with Gasteiger partial charge >= 0.3 is 0 Å². The van der Waals surface area contributed by atoms with Crippen molar-refractivity contribution in [2.45, 2.75) is 13.0 Å². The van der Waals surface area contributed by atoms with Crippen molar-refractivity contribution < 1.29 is 4.39 Å². The average molecular weight is 344 g/mol. The quantitative estimate of drug-likeness (QED) is 0.650. The van der Waals surface area contributed by atoms with Gasteiger partial charge in [0.05, 0.1) is 6.04 Å². The second-order valence-electron chi connectivity index (χ2n) is 4.27. The molecule has 19 heavy (non-hydrogen) atoms. The minimum atomic E-state index is -0.257. The molecule has 0 saturated carbocycles. The number of hydrogen-bond donors (Lipinski definition) is 2. The first-order valence-electron chi connectivity index (χ1n) is 5.70. The molecule has 2 aromatic rings. The molecule has 2 nitrogen and oxygen atoms in total. The molecule has 1 atom stereocenters. The summed E-state index contributed by atoms with van der Waals surface area (Å²) in [6.07, 6.45) is 0. The van der Waals surface area contributed by atoms with E-state index in [2.05, 4.69) is 21.4 Å². The molecular weight excluding hydrogens is 331 g/mol. The molecule has 2 rings (SSSR count). The molecule has 0 spiro atoms. The van der Waals surface area contributed by atoms with Gasteiger partial charge in [0.1, 0.15) is 5.82 Å². The standard InChI is InChI=1S/C14H13BrClFN2/c1-8-6-9(2-5-13(8)17)14(19-18)11-7-10(16)3-4-12(11)15/h2-7,14,19H,18H2,1H3. The van der Waals surface area contributed by atoms with Crippen LogP contribution in [-0.4, -0.2) is 0 Å². The van der Waals surface area contributed by atoms with E-state index in [1.807, 2.05) is 12.1 Å². The number of nitrogens with one attached hydrogen (secondary N) is 1. The van der Waals surface area contributed by atoms with Crippen LogP contribution in [0.2, 0.25) is 5.02 Å². The number of rotatable bonds is 3. The molecule has 100 valence electrons. The number of hydrazine groups is 1. The number of benzene rings is 2. The smallest absolute Gasteiger partial charge is 0.126 e. The monoisotopic (exact) mass is 342 g/mol. The largest absolute Gasteiger partial charge is 0.271 e. The van der Waals surface area contributed by atoms with Gasteiger partial charge in [0.25, 0.3) is 0 Å². The van der Waals surface area contributed by atoms with Gasteiger partial charge in [-0.1, -0.05) is 39.7 Å². The Morgan fingerprint density at radius 3 is 2.63 bits per heavy atom. The average Bonchev–Trinajstić information content (AvgIpc) is 2.38. The van der Waals surface area contributed by atoms with Crippen molar-refractivity contribution >= 4 is 27.5 Å². The Balaban J connectivity index is 2.49. The Labute approximate surface area is 124 Å². The van der Waals surface area contributed by atoms with E-state index in [1.165, 1.54) is 6.07 Å². The molecule has 0 aliphatic rings. The molecule has 5 heteroatoms. The van der Waals surface area contributed by atoms with Gasteiger partial charge in [-0.15, -0.1) is 0 Å². The minimum Gasteiger partial charge on any atom is -0.271 e. The summed E-state index contributed by atoms with van der Waals surface area (Å²) in [7, 11) is 0. The molecule has 0 fully saturated rings. The van der Waals surface area contributed by atoms with Crippen LogP contribution in [0.3, 0.4) is 0 Å². The molecule has 0 amide bonds. The predicted octanol–water partition coefficient (Wildman–Crippen LogP) is 4.10. The summed E-state index contributed by atoms with van der Waals surface area (Å²) < 4.78 is 14.2. The van der Waals surface area contributed by atoms with Crippen LogP contribution >= 0.6 is 27.5 Å². The zero-order valence-electron chi connectivity index (χ0n) is 10.3. The highest BCUT2D eigenvalue weighted by molar-refractivity contribution is 9.10. The number of halogens is 3. The first kappa shape index (κ1) is 14.5. The van der Waals surface area contributed by atoms with Crippen LogP contribution in [0.4, 0.5) is 4.39 Å². The van der Waals surface area contributed by atoms with Crippen molar-refractivity contribution in [2.24, 2.45) is 5.84 Å². The van der Waals surface area contributed by atoms with Gasteiger partial charge in [0.2, 0.25) is 0 Å². The van der Waals surface area contributed by atoms with Crippen molar-refractivity contribution in [1.29, 1.82) is 0 Å². The van der Waals surface area contributed by atoms with Gasteiger partial charge in [-0.05, 0) is 47.9 Å². The van der Waals surface area contributed by atoms with Gasteiger partial charge in [-0.25, -0.2) is 9.82 Å². The fourth-order valence-electron chi connectivity index (χ4n) is 1.95. The molecule has 0 radical (unpaired) electrons. The lowest BCUT2D eigenvalue weighted by Gasteiger charge is -2.19. The summed E-state index contributed by atoms with van der Waals surface area (Å²) in [4.78, 5) is 0. The summed E-state index contributed by atoms with van der Waals surface area (Å²) in [5, 5.41) is 0.622. The second-order valence-corrected chi connectivity index (χ2v) is 5.56. The van der Waals surface area contributed by atoms with E-state index in [0.717, 1.165) is 15.6 Å². The van der Waals surface area contributed by atoms with Crippen molar-refractivity contribution in [3.8, 4) is 0 Å². The highest BCUT2D eigenvalue weighted by Crippen LogP contribution is 2.31. The molecule has 0 aromatic heterocycles. The third-order valence-corrected chi connectivity index (χ3v) is 3.91. The molecule has 0 saturated heterocycles. The number of hydrogen-bond acceptors (Lipinski definition) is 2. The van der Waals surface area contributed by atoms with Crippen LogP contribution in [-0.2, 0) is 0 Å². The molecule has 1 unspecified atom stereocenters. The lowest BCUT2D eigenvalue weighted by molar-refractivity contribution is 0.607. The topological polar surface area (TPSA) is 38.0 Å². The maximum Gasteiger partial charge on any atom is 0.126 e. The van der Waals surface area contributed by atoms with Crippen LogP contribution in [0.5, 0.6) is 0 Å². The lowest BCUT2D eigenvalue weighted by Crippen LogP contribution is -2.29. The maximum atomic E-state index is 13.3. The Bertz CT molecular complexity index is 604. The SMILES string of the molecule is Cc1cc(C(NN)c2cc(Cl)ccc2Br)ccc1F. The summed E-state index contributed by atoms with van der Waals surface area (Å²) in [6.45, 7) is 1.72. The van der Waals surface area contributed by atoms with Gasteiger partial charge in [0.15, 0.2) is 0 Å². The van der Waals surface area contributed by atoms with Crippen molar-refractivity contribution in [3.63, 3.8) is 0 Å². The minimum absolute atomic E-state index is 0.232. The highest BCUT2D eigenvalue weighted by atomic mass is 79.9. The molecule has 2 aromatic carbocycles. The maximum absolute atomic E-state index is 13.3. The van der Waals surface area contributed by atoms with Gasteiger partial charge in [-0.2, -0.15) is 0 Å². The summed E-state index contributed by atoms with van der Waals surface area (Å²) in [5.41, 5.74) is 5.10. The molecule has 0 bridgehead atoms. The number of aryl methyl sites for hydroxylation is 1.